The van der Waals surface area contributed by atoms with Crippen LogP contribution >= 0.6 is 0 Å². The summed E-state index contributed by atoms with van der Waals surface area (Å²) in [5.41, 5.74) is 2.86. The van der Waals surface area contributed by atoms with Crippen LogP contribution in [0.5, 0.6) is 11.5 Å². The maximum atomic E-state index is 6.78. The number of hydrogen-bond donors (Lipinski definition) is 0. The molecule has 0 N–H and O–H groups in total. The smallest absolute Gasteiger partial charge is 0.129 e. The molecule has 26 heavy (non-hydrogen) atoms. The summed E-state index contributed by atoms with van der Waals surface area (Å²) >= 11 is 0. The lowest BCUT2D eigenvalue weighted by Crippen LogP contribution is -2.61. The number of methoxy groups -OCH3 is 1. The minimum absolute atomic E-state index is 0.107. The quantitative estimate of drug-likeness (QED) is 0.670. The number of rotatable bonds is 1. The van der Waals surface area contributed by atoms with Crippen LogP contribution in [-0.2, 0) is 4.74 Å². The maximum absolute atomic E-state index is 6.78. The third kappa shape index (κ3) is 1.99. The number of benzene rings is 1. The topological polar surface area (TPSA) is 27.7 Å². The molecule has 3 heteroatoms. The van der Waals surface area contributed by atoms with Gasteiger partial charge in [0.15, 0.2) is 0 Å². The van der Waals surface area contributed by atoms with Crippen LogP contribution in [0.4, 0.5) is 0 Å². The molecule has 0 radical (unpaired) electrons. The van der Waals surface area contributed by atoms with Gasteiger partial charge >= 0.3 is 0 Å². The first-order valence-electron chi connectivity index (χ1n) is 10.3. The molecule has 3 nitrogen and oxygen atoms in total. The summed E-state index contributed by atoms with van der Waals surface area (Å²) in [6.45, 7) is 10.3. The van der Waals surface area contributed by atoms with Gasteiger partial charge in [-0.05, 0) is 68.6 Å². The van der Waals surface area contributed by atoms with Gasteiger partial charge in [0.25, 0.3) is 0 Å². The molecule has 5 rings (SSSR count). The third-order valence-electron chi connectivity index (χ3n) is 8.24. The highest BCUT2D eigenvalue weighted by Gasteiger charge is 2.69. The second kappa shape index (κ2) is 5.19. The van der Waals surface area contributed by atoms with E-state index in [1.807, 2.05) is 0 Å². The summed E-state index contributed by atoms with van der Waals surface area (Å²) < 4.78 is 19.2. The number of hydrogen-bond acceptors (Lipinski definition) is 3. The number of aryl methyl sites for hydroxylation is 1. The van der Waals surface area contributed by atoms with Gasteiger partial charge in [-0.15, -0.1) is 0 Å². The number of fused-ring (bicyclic) bond motifs is 2. The molecule has 3 fully saturated rings. The van der Waals surface area contributed by atoms with Crippen molar-refractivity contribution >= 4 is 0 Å². The maximum Gasteiger partial charge on any atom is 0.129 e. The highest BCUT2D eigenvalue weighted by molar-refractivity contribution is 5.52. The molecule has 142 valence electrons. The Bertz CT molecular complexity index is 754. The molecule has 0 unspecified atom stereocenters. The molecule has 5 atom stereocenters. The number of ether oxygens (including phenoxy) is 3. The van der Waals surface area contributed by atoms with Gasteiger partial charge in [-0.25, -0.2) is 0 Å². The fourth-order valence-corrected chi connectivity index (χ4v) is 7.35. The predicted molar refractivity (Wildman–Crippen MR) is 102 cm³/mol. The van der Waals surface area contributed by atoms with E-state index in [1.54, 1.807) is 7.11 Å². The average Bonchev–Trinajstić information content (AvgIpc) is 2.94. The lowest BCUT2D eigenvalue weighted by Gasteiger charge is -2.61. The van der Waals surface area contributed by atoms with E-state index in [4.69, 9.17) is 14.2 Å². The van der Waals surface area contributed by atoms with Crippen molar-refractivity contribution in [3.8, 4) is 11.5 Å². The SMILES string of the molecule is COc1cc(C)cc2c1[C@@H]1OC[C@]34CCCC(C)(C)[C@@H]3CC[C@](C)(O2)[C@H]14. The Morgan fingerprint density at radius 2 is 1.92 bits per heavy atom. The molecule has 1 aromatic rings. The molecule has 0 aromatic heterocycles. The highest BCUT2D eigenvalue weighted by Crippen LogP contribution is 2.71. The van der Waals surface area contributed by atoms with Crippen LogP contribution in [0.2, 0.25) is 0 Å². The first-order valence-corrected chi connectivity index (χ1v) is 10.3. The van der Waals surface area contributed by atoms with Gasteiger partial charge in [-0.2, -0.15) is 0 Å². The second-order valence-electron chi connectivity index (χ2n) is 10.2. The minimum atomic E-state index is -0.128. The molecule has 2 aliphatic heterocycles. The first kappa shape index (κ1) is 16.9. The lowest BCUT2D eigenvalue weighted by atomic mass is 9.44. The van der Waals surface area contributed by atoms with Gasteiger partial charge in [-0.1, -0.05) is 20.3 Å². The third-order valence-corrected chi connectivity index (χ3v) is 8.24. The fraction of sp³-hybridized carbons (Fsp3) is 0.739. The molecular weight excluding hydrogens is 324 g/mol. The largest absolute Gasteiger partial charge is 0.496 e. The lowest BCUT2D eigenvalue weighted by molar-refractivity contribution is -0.156. The Kier molecular flexibility index (Phi) is 3.37. The summed E-state index contributed by atoms with van der Waals surface area (Å²) in [4.78, 5) is 0. The van der Waals surface area contributed by atoms with E-state index in [9.17, 15) is 0 Å². The first-order chi connectivity index (χ1) is 12.3. The van der Waals surface area contributed by atoms with E-state index in [-0.39, 0.29) is 17.1 Å². The van der Waals surface area contributed by atoms with Crippen molar-refractivity contribution in [1.29, 1.82) is 0 Å². The molecular formula is C23H32O3. The summed E-state index contributed by atoms with van der Waals surface area (Å²) in [6.07, 6.45) is 6.43. The molecule has 2 heterocycles. The zero-order valence-corrected chi connectivity index (χ0v) is 16.9. The van der Waals surface area contributed by atoms with Crippen molar-refractivity contribution in [3.63, 3.8) is 0 Å². The van der Waals surface area contributed by atoms with Gasteiger partial charge < -0.3 is 14.2 Å². The van der Waals surface area contributed by atoms with E-state index >= 15 is 0 Å². The Balaban J connectivity index is 1.69. The minimum Gasteiger partial charge on any atom is -0.496 e. The Labute approximate surface area is 157 Å². The van der Waals surface area contributed by atoms with Crippen LogP contribution in [-0.4, -0.2) is 19.3 Å². The fourth-order valence-electron chi connectivity index (χ4n) is 7.35. The molecule has 1 saturated heterocycles. The van der Waals surface area contributed by atoms with Gasteiger partial charge in [0.2, 0.25) is 0 Å². The van der Waals surface area contributed by atoms with Crippen molar-refractivity contribution < 1.29 is 14.2 Å². The summed E-state index contributed by atoms with van der Waals surface area (Å²) in [5, 5.41) is 0. The predicted octanol–water partition coefficient (Wildman–Crippen LogP) is 5.45. The molecule has 1 aromatic carbocycles. The molecule has 1 spiro atoms. The van der Waals surface area contributed by atoms with Gasteiger partial charge in [-0.3, -0.25) is 0 Å². The van der Waals surface area contributed by atoms with Crippen LogP contribution in [0.1, 0.15) is 70.1 Å². The van der Waals surface area contributed by atoms with Gasteiger partial charge in [0.1, 0.15) is 17.1 Å². The van der Waals surface area contributed by atoms with E-state index in [0.717, 1.165) is 36.0 Å². The average molecular weight is 357 g/mol. The zero-order chi connectivity index (χ0) is 18.3. The van der Waals surface area contributed by atoms with Crippen molar-refractivity contribution in [2.45, 2.75) is 71.5 Å². The van der Waals surface area contributed by atoms with E-state index in [0.29, 0.717) is 11.3 Å². The Hall–Kier alpha value is -1.22. The van der Waals surface area contributed by atoms with E-state index in [2.05, 4.69) is 39.8 Å². The van der Waals surface area contributed by atoms with E-state index < -0.39 is 0 Å². The molecule has 2 saturated carbocycles. The Morgan fingerprint density at radius 1 is 1.12 bits per heavy atom. The van der Waals surface area contributed by atoms with Crippen molar-refractivity contribution in [1.82, 2.24) is 0 Å². The van der Waals surface area contributed by atoms with Crippen molar-refractivity contribution in [2.24, 2.45) is 22.7 Å². The van der Waals surface area contributed by atoms with Crippen molar-refractivity contribution in [3.05, 3.63) is 23.3 Å². The highest BCUT2D eigenvalue weighted by atomic mass is 16.5. The molecule has 4 aliphatic rings. The summed E-state index contributed by atoms with van der Waals surface area (Å²) in [6, 6.07) is 4.30. The van der Waals surface area contributed by atoms with Crippen LogP contribution in [0.25, 0.3) is 0 Å². The van der Waals surface area contributed by atoms with Gasteiger partial charge in [0.05, 0.1) is 25.4 Å². The van der Waals surface area contributed by atoms with E-state index in [1.165, 1.54) is 31.2 Å². The summed E-state index contributed by atoms with van der Waals surface area (Å²) in [5.74, 6) is 3.07. The molecule has 0 amide bonds. The standard InChI is InChI=1S/C23H32O3/c1-14-11-15(24-5)18-16(12-14)26-22(4)10-7-17-21(2,3)8-6-9-23(17)13-25-19(18)20(22)23/h11-12,17,19-20H,6-10,13H2,1-5H3/t17-,19-,20-,22-,23+/m0/s1. The van der Waals surface area contributed by atoms with Crippen LogP contribution < -0.4 is 9.47 Å². The molecule has 0 bridgehead atoms. The molecule has 2 aliphatic carbocycles. The monoisotopic (exact) mass is 356 g/mol. The van der Waals surface area contributed by atoms with Crippen molar-refractivity contribution in [2.75, 3.05) is 13.7 Å². The zero-order valence-electron chi connectivity index (χ0n) is 16.9. The second-order valence-corrected chi connectivity index (χ2v) is 10.2. The normalized spacial score (nSPS) is 42.3. The van der Waals surface area contributed by atoms with Crippen LogP contribution in [0, 0.1) is 29.6 Å². The van der Waals surface area contributed by atoms with Gasteiger partial charge in [0, 0.05) is 11.3 Å². The van der Waals surface area contributed by atoms with Crippen LogP contribution in [0.3, 0.4) is 0 Å². The van der Waals surface area contributed by atoms with Crippen LogP contribution in [0.15, 0.2) is 12.1 Å². The summed E-state index contributed by atoms with van der Waals surface area (Å²) in [7, 11) is 1.76. The Morgan fingerprint density at radius 3 is 2.69 bits per heavy atom.